The zero-order valence-electron chi connectivity index (χ0n) is 8.82. The van der Waals surface area contributed by atoms with Crippen LogP contribution >= 0.6 is 11.6 Å². The molecule has 1 fully saturated rings. The summed E-state index contributed by atoms with van der Waals surface area (Å²) in [7, 11) is 1.64. The van der Waals surface area contributed by atoms with Gasteiger partial charge in [0.15, 0.2) is 0 Å². The van der Waals surface area contributed by atoms with Crippen molar-refractivity contribution in [3.05, 3.63) is 18.3 Å². The number of aromatic nitrogens is 1. The molecule has 1 aliphatic heterocycles. The fraction of sp³-hybridized carbons (Fsp3) is 0.545. The molecule has 82 valence electrons. The van der Waals surface area contributed by atoms with E-state index in [0.29, 0.717) is 11.3 Å². The van der Waals surface area contributed by atoms with E-state index < -0.39 is 0 Å². The Balaban J connectivity index is 2.08. The summed E-state index contributed by atoms with van der Waals surface area (Å²) in [6, 6.07) is 3.98. The molecule has 3 nitrogen and oxygen atoms in total. The van der Waals surface area contributed by atoms with E-state index in [-0.39, 0.29) is 0 Å². The lowest BCUT2D eigenvalue weighted by atomic mass is 10.1. The molecule has 4 heteroatoms. The molecule has 0 N–H and O–H groups in total. The molecule has 15 heavy (non-hydrogen) atoms. The van der Waals surface area contributed by atoms with E-state index in [4.69, 9.17) is 16.3 Å². The zero-order valence-corrected chi connectivity index (χ0v) is 9.57. The van der Waals surface area contributed by atoms with Gasteiger partial charge in [0.1, 0.15) is 0 Å². The molecule has 2 heterocycles. The van der Waals surface area contributed by atoms with Crippen LogP contribution in [-0.2, 0) is 0 Å². The molecule has 2 rings (SSSR count). The highest BCUT2D eigenvalue weighted by Gasteiger charge is 2.17. The summed E-state index contributed by atoms with van der Waals surface area (Å²) in [5.74, 6) is 0.667. The Morgan fingerprint density at radius 1 is 1.47 bits per heavy atom. The van der Waals surface area contributed by atoms with Gasteiger partial charge in [0, 0.05) is 36.4 Å². The SMILES string of the molecule is COc1cc(N2CCC(Cl)CC2)ccn1. The van der Waals surface area contributed by atoms with Crippen LogP contribution in [0.3, 0.4) is 0 Å². The van der Waals surface area contributed by atoms with E-state index in [9.17, 15) is 0 Å². The molecule has 0 atom stereocenters. The van der Waals surface area contributed by atoms with Crippen molar-refractivity contribution in [3.8, 4) is 5.88 Å². The predicted octanol–water partition coefficient (Wildman–Crippen LogP) is 2.30. The van der Waals surface area contributed by atoms with Gasteiger partial charge < -0.3 is 9.64 Å². The van der Waals surface area contributed by atoms with Crippen LogP contribution in [0, 0.1) is 0 Å². The second kappa shape index (κ2) is 4.71. The number of ether oxygens (including phenoxy) is 1. The number of hydrogen-bond donors (Lipinski definition) is 0. The number of nitrogens with zero attached hydrogens (tertiary/aromatic N) is 2. The molecule has 0 unspecified atom stereocenters. The molecule has 1 aliphatic rings. The molecule has 0 amide bonds. The quantitative estimate of drug-likeness (QED) is 0.724. The minimum absolute atomic E-state index is 0.338. The number of pyridine rings is 1. The Kier molecular flexibility index (Phi) is 3.31. The van der Waals surface area contributed by atoms with Gasteiger partial charge >= 0.3 is 0 Å². The highest BCUT2D eigenvalue weighted by molar-refractivity contribution is 6.20. The highest BCUT2D eigenvalue weighted by Crippen LogP contribution is 2.24. The van der Waals surface area contributed by atoms with Crippen LogP contribution in [-0.4, -0.2) is 30.6 Å². The first kappa shape index (κ1) is 10.6. The van der Waals surface area contributed by atoms with Crippen LogP contribution in [0.25, 0.3) is 0 Å². The summed E-state index contributed by atoms with van der Waals surface area (Å²) in [5.41, 5.74) is 1.17. The van der Waals surface area contributed by atoms with E-state index >= 15 is 0 Å². The summed E-state index contributed by atoms with van der Waals surface area (Å²) in [4.78, 5) is 6.42. The van der Waals surface area contributed by atoms with Crippen LogP contribution in [0.4, 0.5) is 5.69 Å². The number of rotatable bonds is 2. The lowest BCUT2D eigenvalue weighted by molar-refractivity contribution is 0.397. The normalized spacial score (nSPS) is 17.9. The van der Waals surface area contributed by atoms with Crippen molar-refractivity contribution < 1.29 is 4.74 Å². The third kappa shape index (κ3) is 2.53. The Morgan fingerprint density at radius 2 is 2.20 bits per heavy atom. The minimum Gasteiger partial charge on any atom is -0.481 e. The summed E-state index contributed by atoms with van der Waals surface area (Å²) < 4.78 is 5.10. The Bertz CT molecular complexity index is 324. The summed E-state index contributed by atoms with van der Waals surface area (Å²) >= 11 is 6.06. The molecule has 0 spiro atoms. The van der Waals surface area contributed by atoms with E-state index in [1.165, 1.54) is 5.69 Å². The van der Waals surface area contributed by atoms with Gasteiger partial charge in [-0.3, -0.25) is 0 Å². The summed E-state index contributed by atoms with van der Waals surface area (Å²) in [6.07, 6.45) is 3.87. The average Bonchev–Trinajstić information content (AvgIpc) is 2.30. The molecular formula is C11H15ClN2O. The Labute approximate surface area is 95.0 Å². The van der Waals surface area contributed by atoms with Crippen molar-refractivity contribution in [1.82, 2.24) is 4.98 Å². The lowest BCUT2D eigenvalue weighted by Crippen LogP contribution is -2.33. The molecule has 1 aromatic rings. The third-order valence-corrected chi connectivity index (χ3v) is 3.15. The first-order chi connectivity index (χ1) is 7.29. The van der Waals surface area contributed by atoms with Crippen molar-refractivity contribution in [1.29, 1.82) is 0 Å². The third-order valence-electron chi connectivity index (χ3n) is 2.72. The maximum absolute atomic E-state index is 6.06. The monoisotopic (exact) mass is 226 g/mol. The second-order valence-corrected chi connectivity index (χ2v) is 4.34. The van der Waals surface area contributed by atoms with Crippen molar-refractivity contribution in [2.24, 2.45) is 0 Å². The number of hydrogen-bond acceptors (Lipinski definition) is 3. The lowest BCUT2D eigenvalue weighted by Gasteiger charge is -2.31. The fourth-order valence-electron chi connectivity index (χ4n) is 1.81. The van der Waals surface area contributed by atoms with E-state index in [1.54, 1.807) is 13.3 Å². The van der Waals surface area contributed by atoms with E-state index in [2.05, 4.69) is 9.88 Å². The minimum atomic E-state index is 0.338. The smallest absolute Gasteiger partial charge is 0.214 e. The molecule has 0 bridgehead atoms. The molecule has 0 radical (unpaired) electrons. The van der Waals surface area contributed by atoms with Crippen LogP contribution < -0.4 is 9.64 Å². The van der Waals surface area contributed by atoms with Gasteiger partial charge in [-0.15, -0.1) is 11.6 Å². The Morgan fingerprint density at radius 3 is 2.87 bits per heavy atom. The van der Waals surface area contributed by atoms with Crippen molar-refractivity contribution >= 4 is 17.3 Å². The summed E-state index contributed by atoms with van der Waals surface area (Å²) in [6.45, 7) is 2.03. The largest absolute Gasteiger partial charge is 0.481 e. The molecule has 0 aliphatic carbocycles. The number of methoxy groups -OCH3 is 1. The zero-order chi connectivity index (χ0) is 10.7. The van der Waals surface area contributed by atoms with E-state index in [1.807, 2.05) is 12.1 Å². The second-order valence-electron chi connectivity index (χ2n) is 3.72. The predicted molar refractivity (Wildman–Crippen MR) is 61.9 cm³/mol. The van der Waals surface area contributed by atoms with Gasteiger partial charge in [-0.25, -0.2) is 4.98 Å². The van der Waals surface area contributed by atoms with Gasteiger partial charge in [0.05, 0.1) is 7.11 Å². The van der Waals surface area contributed by atoms with Crippen LogP contribution in [0.5, 0.6) is 5.88 Å². The van der Waals surface area contributed by atoms with Crippen LogP contribution in [0.1, 0.15) is 12.8 Å². The first-order valence-corrected chi connectivity index (χ1v) is 5.62. The summed E-state index contributed by atoms with van der Waals surface area (Å²) in [5, 5.41) is 0.338. The first-order valence-electron chi connectivity index (χ1n) is 5.18. The number of anilines is 1. The molecule has 1 aromatic heterocycles. The van der Waals surface area contributed by atoms with Crippen LogP contribution in [0.2, 0.25) is 0 Å². The van der Waals surface area contributed by atoms with Gasteiger partial charge in [-0.2, -0.15) is 0 Å². The Hall–Kier alpha value is -0.960. The van der Waals surface area contributed by atoms with E-state index in [0.717, 1.165) is 25.9 Å². The van der Waals surface area contributed by atoms with Crippen molar-refractivity contribution in [2.75, 3.05) is 25.1 Å². The fourth-order valence-corrected chi connectivity index (χ4v) is 2.01. The van der Waals surface area contributed by atoms with Gasteiger partial charge in [0.25, 0.3) is 0 Å². The van der Waals surface area contributed by atoms with Crippen LogP contribution in [0.15, 0.2) is 18.3 Å². The van der Waals surface area contributed by atoms with Crippen molar-refractivity contribution in [2.45, 2.75) is 18.2 Å². The topological polar surface area (TPSA) is 25.4 Å². The molecule has 0 saturated carbocycles. The maximum atomic E-state index is 6.06. The number of alkyl halides is 1. The van der Waals surface area contributed by atoms with Crippen molar-refractivity contribution in [3.63, 3.8) is 0 Å². The van der Waals surface area contributed by atoms with Gasteiger partial charge in [0.2, 0.25) is 5.88 Å². The highest BCUT2D eigenvalue weighted by atomic mass is 35.5. The standard InChI is InChI=1S/C11H15ClN2O/c1-15-11-8-10(2-5-13-11)14-6-3-9(12)4-7-14/h2,5,8-9H,3-4,6-7H2,1H3. The average molecular weight is 227 g/mol. The molecule has 1 saturated heterocycles. The maximum Gasteiger partial charge on any atom is 0.214 e. The molecule has 0 aromatic carbocycles. The molecular weight excluding hydrogens is 212 g/mol. The van der Waals surface area contributed by atoms with Gasteiger partial charge in [-0.1, -0.05) is 0 Å². The van der Waals surface area contributed by atoms with Gasteiger partial charge in [-0.05, 0) is 18.9 Å². The number of piperidine rings is 1. The number of halogens is 1.